The van der Waals surface area contributed by atoms with Crippen molar-refractivity contribution in [1.29, 1.82) is 0 Å². The van der Waals surface area contributed by atoms with Crippen LogP contribution in [-0.4, -0.2) is 0 Å². The summed E-state index contributed by atoms with van der Waals surface area (Å²) in [6.45, 7) is 0. The molecule has 0 radical (unpaired) electrons. The normalized spacial score (nSPS) is 11.9. The van der Waals surface area contributed by atoms with E-state index >= 15 is 0 Å². The van der Waals surface area contributed by atoms with Gasteiger partial charge < -0.3 is 9.15 Å². The number of hydrogen-bond donors (Lipinski definition) is 0. The molecule has 0 amide bonds. The van der Waals surface area contributed by atoms with Gasteiger partial charge in [0.25, 0.3) is 0 Å². The Morgan fingerprint density at radius 2 is 1.30 bits per heavy atom. The number of hydrogen-bond acceptors (Lipinski definition) is 2. The van der Waals surface area contributed by atoms with Crippen molar-refractivity contribution >= 4 is 59.4 Å². The van der Waals surface area contributed by atoms with Gasteiger partial charge in [-0.15, -0.1) is 0 Å². The van der Waals surface area contributed by atoms with Gasteiger partial charge in [0, 0.05) is 10.8 Å². The molecule has 0 saturated heterocycles. The van der Waals surface area contributed by atoms with Crippen molar-refractivity contribution in [3.05, 3.63) is 83.3 Å². The Hall–Kier alpha value is -3.04. The smallest absolute Gasteiger partial charge is 0.178 e. The molecule has 128 valence electrons. The zero-order valence-electron chi connectivity index (χ0n) is 14.2. The van der Waals surface area contributed by atoms with Crippen molar-refractivity contribution in [1.82, 2.24) is 0 Å². The van der Waals surface area contributed by atoms with Crippen LogP contribution >= 0.6 is 15.9 Å². The van der Waals surface area contributed by atoms with E-state index in [1.165, 1.54) is 26.9 Å². The second kappa shape index (κ2) is 5.48. The average molecular weight is 413 g/mol. The van der Waals surface area contributed by atoms with Crippen LogP contribution in [0.25, 0.3) is 43.5 Å². The Labute approximate surface area is 163 Å². The first-order chi connectivity index (χ1) is 13.3. The van der Waals surface area contributed by atoms with Crippen molar-refractivity contribution in [2.75, 3.05) is 0 Å². The molecule has 5 aromatic carbocycles. The molecule has 27 heavy (non-hydrogen) atoms. The van der Waals surface area contributed by atoms with Gasteiger partial charge in [-0.3, -0.25) is 0 Å². The molecule has 0 spiro atoms. The third-order valence-corrected chi connectivity index (χ3v) is 5.83. The molecular formula is C24H13BrO2. The van der Waals surface area contributed by atoms with Crippen molar-refractivity contribution in [3.63, 3.8) is 0 Å². The monoisotopic (exact) mass is 412 g/mol. The first-order valence-corrected chi connectivity index (χ1v) is 9.61. The lowest BCUT2D eigenvalue weighted by atomic mass is 9.94. The predicted molar refractivity (Wildman–Crippen MR) is 114 cm³/mol. The Morgan fingerprint density at radius 3 is 2.11 bits per heavy atom. The van der Waals surface area contributed by atoms with Crippen LogP contribution in [-0.2, 0) is 0 Å². The van der Waals surface area contributed by atoms with Gasteiger partial charge in [-0.2, -0.15) is 0 Å². The Balaban J connectivity index is 1.75. The Bertz CT molecular complexity index is 1460. The number of rotatable bonds is 2. The van der Waals surface area contributed by atoms with E-state index in [-0.39, 0.29) is 0 Å². The molecule has 0 aliphatic heterocycles. The molecule has 0 aliphatic carbocycles. The van der Waals surface area contributed by atoms with Crippen LogP contribution < -0.4 is 4.74 Å². The zero-order valence-corrected chi connectivity index (χ0v) is 15.8. The third kappa shape index (κ3) is 2.06. The van der Waals surface area contributed by atoms with Crippen LogP contribution in [0.3, 0.4) is 0 Å². The fraction of sp³-hybridized carbons (Fsp3) is 0. The SMILES string of the molecule is Brc1ccccc1Oc1ccc2c3ccccc3c3cccc4oc1c2c43. The van der Waals surface area contributed by atoms with E-state index in [0.717, 1.165) is 32.5 Å². The summed E-state index contributed by atoms with van der Waals surface area (Å²) in [6.07, 6.45) is 0. The molecule has 6 rings (SSSR count). The van der Waals surface area contributed by atoms with Crippen molar-refractivity contribution in [2.45, 2.75) is 0 Å². The molecule has 1 aromatic heterocycles. The molecule has 6 aromatic rings. The maximum Gasteiger partial charge on any atom is 0.178 e. The lowest BCUT2D eigenvalue weighted by molar-refractivity contribution is 0.474. The highest BCUT2D eigenvalue weighted by Crippen LogP contribution is 2.46. The lowest BCUT2D eigenvalue weighted by Crippen LogP contribution is -1.87. The first-order valence-electron chi connectivity index (χ1n) is 8.81. The van der Waals surface area contributed by atoms with E-state index in [9.17, 15) is 0 Å². The van der Waals surface area contributed by atoms with Gasteiger partial charge in [0.15, 0.2) is 11.3 Å². The highest BCUT2D eigenvalue weighted by atomic mass is 79.9. The topological polar surface area (TPSA) is 22.4 Å². The van der Waals surface area contributed by atoms with E-state index in [2.05, 4.69) is 58.4 Å². The number of para-hydroxylation sites is 1. The number of furan rings is 1. The third-order valence-electron chi connectivity index (χ3n) is 5.17. The molecule has 0 aliphatic rings. The van der Waals surface area contributed by atoms with Gasteiger partial charge in [0.2, 0.25) is 0 Å². The molecule has 0 fully saturated rings. The highest BCUT2D eigenvalue weighted by Gasteiger charge is 2.20. The largest absolute Gasteiger partial charge is 0.452 e. The van der Waals surface area contributed by atoms with Crippen molar-refractivity contribution in [2.24, 2.45) is 0 Å². The fourth-order valence-electron chi connectivity index (χ4n) is 4.03. The molecule has 2 nitrogen and oxygen atoms in total. The second-order valence-corrected chi connectivity index (χ2v) is 7.53. The van der Waals surface area contributed by atoms with Crippen LogP contribution in [0.1, 0.15) is 0 Å². The summed E-state index contributed by atoms with van der Waals surface area (Å²) in [4.78, 5) is 0. The second-order valence-electron chi connectivity index (χ2n) is 6.67. The minimum absolute atomic E-state index is 0.724. The van der Waals surface area contributed by atoms with Crippen LogP contribution in [0, 0.1) is 0 Å². The van der Waals surface area contributed by atoms with Gasteiger partial charge in [0.1, 0.15) is 11.3 Å². The van der Waals surface area contributed by atoms with Gasteiger partial charge in [-0.1, -0.05) is 48.5 Å². The minimum atomic E-state index is 0.724. The number of fused-ring (bicyclic) bond motifs is 3. The van der Waals surface area contributed by atoms with Crippen LogP contribution in [0.5, 0.6) is 11.5 Å². The minimum Gasteiger partial charge on any atom is -0.452 e. The molecule has 0 bridgehead atoms. The average Bonchev–Trinajstić information content (AvgIpc) is 3.10. The van der Waals surface area contributed by atoms with E-state index in [4.69, 9.17) is 9.15 Å². The summed E-state index contributed by atoms with van der Waals surface area (Å²) < 4.78 is 13.4. The lowest BCUT2D eigenvalue weighted by Gasteiger charge is -2.11. The molecular weight excluding hydrogens is 400 g/mol. The van der Waals surface area contributed by atoms with Crippen LogP contribution in [0.15, 0.2) is 87.8 Å². The van der Waals surface area contributed by atoms with Gasteiger partial charge >= 0.3 is 0 Å². The summed E-state index contributed by atoms with van der Waals surface area (Å²) in [5.41, 5.74) is 1.68. The van der Waals surface area contributed by atoms with Gasteiger partial charge in [0.05, 0.1) is 4.47 Å². The molecule has 0 atom stereocenters. The fourth-order valence-corrected chi connectivity index (χ4v) is 4.39. The van der Waals surface area contributed by atoms with E-state index in [0.29, 0.717) is 0 Å². The summed E-state index contributed by atoms with van der Waals surface area (Å²) >= 11 is 3.56. The van der Waals surface area contributed by atoms with Gasteiger partial charge in [-0.25, -0.2) is 0 Å². The maximum absolute atomic E-state index is 6.29. The standard InChI is InChI=1S/C24H13BrO2/c25-18-9-3-4-10-19(18)26-21-13-12-17-15-7-2-1-6-14(15)16-8-5-11-20-22(16)23(17)24(21)27-20/h1-13H. The summed E-state index contributed by atoms with van der Waals surface area (Å²) in [6, 6.07) is 26.8. The van der Waals surface area contributed by atoms with Crippen LogP contribution in [0.2, 0.25) is 0 Å². The molecule has 0 unspecified atom stereocenters. The Morgan fingerprint density at radius 1 is 0.593 bits per heavy atom. The van der Waals surface area contributed by atoms with E-state index in [1.54, 1.807) is 0 Å². The number of benzene rings is 5. The summed E-state index contributed by atoms with van der Waals surface area (Å²) in [7, 11) is 0. The number of ether oxygens (including phenoxy) is 1. The maximum atomic E-state index is 6.29. The molecule has 0 N–H and O–H groups in total. The first kappa shape index (κ1) is 15.1. The van der Waals surface area contributed by atoms with E-state index < -0.39 is 0 Å². The van der Waals surface area contributed by atoms with Gasteiger partial charge in [-0.05, 0) is 67.8 Å². The molecule has 3 heteroatoms. The molecule has 1 heterocycles. The van der Waals surface area contributed by atoms with E-state index in [1.807, 2.05) is 36.4 Å². The van der Waals surface area contributed by atoms with Crippen molar-refractivity contribution in [3.8, 4) is 11.5 Å². The molecule has 0 saturated carbocycles. The van der Waals surface area contributed by atoms with Crippen molar-refractivity contribution < 1.29 is 9.15 Å². The highest BCUT2D eigenvalue weighted by molar-refractivity contribution is 9.10. The predicted octanol–water partition coefficient (Wildman–Crippen LogP) is 7.89. The van der Waals surface area contributed by atoms with Crippen LogP contribution in [0.4, 0.5) is 0 Å². The Kier molecular flexibility index (Phi) is 3.06. The quantitative estimate of drug-likeness (QED) is 0.269. The number of halogens is 1. The summed E-state index contributed by atoms with van der Waals surface area (Å²) in [5, 5.41) is 7.18. The zero-order chi connectivity index (χ0) is 18.0. The summed E-state index contributed by atoms with van der Waals surface area (Å²) in [5.74, 6) is 1.49.